The van der Waals surface area contributed by atoms with Gasteiger partial charge < -0.3 is 5.73 Å². The van der Waals surface area contributed by atoms with Crippen molar-refractivity contribution in [2.24, 2.45) is 0 Å². The second-order valence-corrected chi connectivity index (χ2v) is 4.39. The maximum atomic E-state index is 5.74. The maximum Gasteiger partial charge on any atom is 0.0650 e. The number of rotatable bonds is 1. The molecule has 0 saturated carbocycles. The van der Waals surface area contributed by atoms with Gasteiger partial charge in [0.2, 0.25) is 0 Å². The highest BCUT2D eigenvalue weighted by Gasteiger charge is 2.00. The molecule has 0 radical (unpaired) electrons. The van der Waals surface area contributed by atoms with E-state index < -0.39 is 0 Å². The SMILES string of the molecule is Cc1cc(-n2cc(I)cn2)ccc1N. The standard InChI is InChI=1S/C10H10IN3/c1-7-4-9(2-3-10(7)12)14-6-8(11)5-13-14/h2-6H,12H2,1H3. The van der Waals surface area contributed by atoms with Crippen LogP contribution in [0.3, 0.4) is 0 Å². The van der Waals surface area contributed by atoms with E-state index >= 15 is 0 Å². The highest BCUT2D eigenvalue weighted by molar-refractivity contribution is 14.1. The van der Waals surface area contributed by atoms with E-state index in [1.807, 2.05) is 42.2 Å². The molecule has 0 fully saturated rings. The zero-order chi connectivity index (χ0) is 10.1. The van der Waals surface area contributed by atoms with E-state index in [1.54, 1.807) is 0 Å². The predicted molar refractivity (Wildman–Crippen MR) is 65.4 cm³/mol. The quantitative estimate of drug-likeness (QED) is 0.649. The Bertz CT molecular complexity index is 462. The van der Waals surface area contributed by atoms with Crippen molar-refractivity contribution < 1.29 is 0 Å². The number of hydrogen-bond donors (Lipinski definition) is 1. The van der Waals surface area contributed by atoms with Crippen LogP contribution in [-0.4, -0.2) is 9.78 Å². The van der Waals surface area contributed by atoms with Crippen molar-refractivity contribution in [1.82, 2.24) is 9.78 Å². The van der Waals surface area contributed by atoms with Crippen LogP contribution < -0.4 is 5.73 Å². The Labute approximate surface area is 96.1 Å². The topological polar surface area (TPSA) is 43.8 Å². The Kier molecular flexibility index (Phi) is 2.45. The number of benzene rings is 1. The number of nitrogens with zero attached hydrogens (tertiary/aromatic N) is 2. The Morgan fingerprint density at radius 3 is 2.79 bits per heavy atom. The van der Waals surface area contributed by atoms with E-state index in [0.29, 0.717) is 0 Å². The summed E-state index contributed by atoms with van der Waals surface area (Å²) in [5, 5.41) is 4.23. The molecule has 2 rings (SSSR count). The summed E-state index contributed by atoms with van der Waals surface area (Å²) < 4.78 is 2.96. The number of nitrogens with two attached hydrogens (primary N) is 1. The fourth-order valence-electron chi connectivity index (χ4n) is 1.24. The highest BCUT2D eigenvalue weighted by Crippen LogP contribution is 2.16. The van der Waals surface area contributed by atoms with Gasteiger partial charge in [-0.15, -0.1) is 0 Å². The first-order valence-electron chi connectivity index (χ1n) is 4.23. The summed E-state index contributed by atoms with van der Waals surface area (Å²) in [6.45, 7) is 1.99. The third kappa shape index (κ3) is 1.75. The minimum atomic E-state index is 0.815. The molecule has 0 aliphatic rings. The molecule has 0 unspecified atom stereocenters. The molecule has 2 N–H and O–H groups in total. The number of halogens is 1. The van der Waals surface area contributed by atoms with Crippen LogP contribution in [-0.2, 0) is 0 Å². The molecule has 0 amide bonds. The first kappa shape index (κ1) is 9.51. The zero-order valence-corrected chi connectivity index (χ0v) is 9.89. The van der Waals surface area contributed by atoms with Gasteiger partial charge in [0.25, 0.3) is 0 Å². The monoisotopic (exact) mass is 299 g/mol. The molecular formula is C10H10IN3. The Morgan fingerprint density at radius 1 is 1.43 bits per heavy atom. The van der Waals surface area contributed by atoms with Gasteiger partial charge in [-0.05, 0) is 53.3 Å². The molecule has 72 valence electrons. The van der Waals surface area contributed by atoms with Gasteiger partial charge in [0.15, 0.2) is 0 Å². The second kappa shape index (κ2) is 3.61. The van der Waals surface area contributed by atoms with Crippen molar-refractivity contribution in [3.8, 4) is 5.69 Å². The zero-order valence-electron chi connectivity index (χ0n) is 7.74. The van der Waals surface area contributed by atoms with Crippen molar-refractivity contribution in [3.63, 3.8) is 0 Å². The molecule has 3 nitrogen and oxygen atoms in total. The van der Waals surface area contributed by atoms with Crippen LogP contribution in [0.5, 0.6) is 0 Å². The smallest absolute Gasteiger partial charge is 0.0650 e. The van der Waals surface area contributed by atoms with Gasteiger partial charge >= 0.3 is 0 Å². The molecule has 1 heterocycles. The lowest BCUT2D eigenvalue weighted by Gasteiger charge is -2.04. The molecule has 0 atom stereocenters. The average molecular weight is 299 g/mol. The van der Waals surface area contributed by atoms with Gasteiger partial charge in [-0.2, -0.15) is 5.10 Å². The van der Waals surface area contributed by atoms with E-state index in [1.165, 1.54) is 0 Å². The first-order chi connectivity index (χ1) is 6.66. The third-order valence-corrected chi connectivity index (χ3v) is 2.63. The normalized spacial score (nSPS) is 10.4. The van der Waals surface area contributed by atoms with Crippen LogP contribution in [0.2, 0.25) is 0 Å². The lowest BCUT2D eigenvalue weighted by atomic mass is 10.2. The molecule has 0 aliphatic heterocycles. The third-order valence-electron chi connectivity index (χ3n) is 2.07. The summed E-state index contributed by atoms with van der Waals surface area (Å²) in [5.41, 5.74) is 8.67. The first-order valence-corrected chi connectivity index (χ1v) is 5.31. The summed E-state index contributed by atoms with van der Waals surface area (Å²) in [6.07, 6.45) is 3.80. The number of nitrogen functional groups attached to an aromatic ring is 1. The summed E-state index contributed by atoms with van der Waals surface area (Å²) in [4.78, 5) is 0. The van der Waals surface area contributed by atoms with Crippen molar-refractivity contribution in [3.05, 3.63) is 39.7 Å². The largest absolute Gasteiger partial charge is 0.399 e. The van der Waals surface area contributed by atoms with Crippen LogP contribution in [0, 0.1) is 10.5 Å². The minimum Gasteiger partial charge on any atom is -0.399 e. The molecule has 0 saturated heterocycles. The van der Waals surface area contributed by atoms with Crippen LogP contribution in [0.1, 0.15) is 5.56 Å². The number of hydrogen-bond acceptors (Lipinski definition) is 2. The van der Waals surface area contributed by atoms with Gasteiger partial charge in [0.05, 0.1) is 15.5 Å². The fourth-order valence-corrected chi connectivity index (χ4v) is 1.63. The van der Waals surface area contributed by atoms with E-state index in [-0.39, 0.29) is 0 Å². The van der Waals surface area contributed by atoms with Crippen LogP contribution in [0.4, 0.5) is 5.69 Å². The average Bonchev–Trinajstić information content (AvgIpc) is 2.57. The van der Waals surface area contributed by atoms with Crippen molar-refractivity contribution in [2.45, 2.75) is 6.92 Å². The Morgan fingerprint density at radius 2 is 2.21 bits per heavy atom. The van der Waals surface area contributed by atoms with Crippen molar-refractivity contribution in [1.29, 1.82) is 0 Å². The lowest BCUT2D eigenvalue weighted by Crippen LogP contribution is -1.96. The van der Waals surface area contributed by atoms with E-state index in [9.17, 15) is 0 Å². The van der Waals surface area contributed by atoms with Gasteiger partial charge in [-0.3, -0.25) is 0 Å². The molecule has 0 bridgehead atoms. The molecule has 14 heavy (non-hydrogen) atoms. The number of aromatic nitrogens is 2. The Balaban J connectivity index is 2.47. The van der Waals surface area contributed by atoms with Gasteiger partial charge in [-0.25, -0.2) is 4.68 Å². The number of aryl methyl sites for hydroxylation is 1. The lowest BCUT2D eigenvalue weighted by molar-refractivity contribution is 0.879. The maximum absolute atomic E-state index is 5.74. The van der Waals surface area contributed by atoms with Crippen molar-refractivity contribution >= 4 is 28.3 Å². The second-order valence-electron chi connectivity index (χ2n) is 3.14. The summed E-state index contributed by atoms with van der Waals surface area (Å²) >= 11 is 2.23. The van der Waals surface area contributed by atoms with Gasteiger partial charge in [0, 0.05) is 11.9 Å². The predicted octanol–water partition coefficient (Wildman–Crippen LogP) is 2.37. The van der Waals surface area contributed by atoms with E-state index in [0.717, 1.165) is 20.5 Å². The summed E-state index contributed by atoms with van der Waals surface area (Å²) in [7, 11) is 0. The fraction of sp³-hybridized carbons (Fsp3) is 0.100. The summed E-state index contributed by atoms with van der Waals surface area (Å²) in [6, 6.07) is 5.89. The van der Waals surface area contributed by atoms with E-state index in [4.69, 9.17) is 5.73 Å². The summed E-state index contributed by atoms with van der Waals surface area (Å²) in [5.74, 6) is 0. The van der Waals surface area contributed by atoms with Crippen LogP contribution >= 0.6 is 22.6 Å². The highest BCUT2D eigenvalue weighted by atomic mass is 127. The van der Waals surface area contributed by atoms with Gasteiger partial charge in [0.1, 0.15) is 0 Å². The molecule has 4 heteroatoms. The minimum absolute atomic E-state index is 0.815. The van der Waals surface area contributed by atoms with Gasteiger partial charge in [-0.1, -0.05) is 0 Å². The van der Waals surface area contributed by atoms with Crippen LogP contribution in [0.25, 0.3) is 5.69 Å². The molecular weight excluding hydrogens is 289 g/mol. The number of anilines is 1. The van der Waals surface area contributed by atoms with Crippen LogP contribution in [0.15, 0.2) is 30.6 Å². The van der Waals surface area contributed by atoms with E-state index in [2.05, 4.69) is 27.7 Å². The molecule has 2 aromatic rings. The van der Waals surface area contributed by atoms with Crippen molar-refractivity contribution in [2.75, 3.05) is 5.73 Å². The molecule has 1 aromatic carbocycles. The molecule has 1 aromatic heterocycles. The molecule has 0 aliphatic carbocycles. The molecule has 0 spiro atoms. The Hall–Kier alpha value is -1.04.